The van der Waals surface area contributed by atoms with Crippen LogP contribution in [0.2, 0.25) is 0 Å². The largest absolute Gasteiger partial charge is 0.334 e. The number of rotatable bonds is 3. The van der Waals surface area contributed by atoms with Gasteiger partial charge in [-0.15, -0.1) is 0 Å². The molecule has 1 N–H and O–H groups in total. The highest BCUT2D eigenvalue weighted by molar-refractivity contribution is 7.89. The molecular weight excluding hydrogens is 276 g/mol. The molecule has 0 spiro atoms. The summed E-state index contributed by atoms with van der Waals surface area (Å²) >= 11 is 0. The van der Waals surface area contributed by atoms with Crippen LogP contribution in [0.5, 0.6) is 0 Å². The summed E-state index contributed by atoms with van der Waals surface area (Å²) in [6.07, 6.45) is 3.63. The van der Waals surface area contributed by atoms with Crippen LogP contribution in [-0.2, 0) is 16.6 Å². The number of aromatic nitrogens is 2. The van der Waals surface area contributed by atoms with E-state index in [4.69, 9.17) is 0 Å². The zero-order chi connectivity index (χ0) is 14.3. The van der Waals surface area contributed by atoms with Crippen molar-refractivity contribution in [2.75, 3.05) is 19.6 Å². The Morgan fingerprint density at radius 2 is 2.25 bits per heavy atom. The van der Waals surface area contributed by atoms with E-state index in [-0.39, 0.29) is 5.03 Å². The fourth-order valence-electron chi connectivity index (χ4n) is 3.29. The molecule has 1 aromatic heterocycles. The Hall–Kier alpha value is -0.920. The van der Waals surface area contributed by atoms with Gasteiger partial charge in [0.15, 0.2) is 5.03 Å². The second-order valence-electron chi connectivity index (χ2n) is 5.67. The minimum atomic E-state index is -3.44. The van der Waals surface area contributed by atoms with Crippen molar-refractivity contribution in [3.63, 3.8) is 0 Å². The number of imidazole rings is 1. The summed E-state index contributed by atoms with van der Waals surface area (Å²) in [5.74, 6) is 1.20. The van der Waals surface area contributed by atoms with E-state index in [1.54, 1.807) is 10.5 Å². The predicted octanol–water partition coefficient (Wildman–Crippen LogP) is 0.584. The quantitative estimate of drug-likeness (QED) is 0.886. The van der Waals surface area contributed by atoms with Crippen molar-refractivity contribution in [3.8, 4) is 0 Å². The lowest BCUT2D eigenvalue weighted by molar-refractivity contribution is 0.246. The fourth-order valence-corrected chi connectivity index (χ4v) is 4.79. The van der Waals surface area contributed by atoms with E-state index >= 15 is 0 Å². The maximum atomic E-state index is 12.7. The maximum Gasteiger partial charge on any atom is 0.262 e. The van der Waals surface area contributed by atoms with Crippen molar-refractivity contribution in [1.82, 2.24) is 19.2 Å². The van der Waals surface area contributed by atoms with E-state index in [1.165, 1.54) is 0 Å². The van der Waals surface area contributed by atoms with Crippen molar-refractivity contribution in [3.05, 3.63) is 12.0 Å². The first-order chi connectivity index (χ1) is 9.52. The van der Waals surface area contributed by atoms with Gasteiger partial charge in [0.1, 0.15) is 5.82 Å². The Labute approximate surface area is 120 Å². The second-order valence-corrected chi connectivity index (χ2v) is 7.56. The van der Waals surface area contributed by atoms with E-state index < -0.39 is 10.0 Å². The Morgan fingerprint density at radius 1 is 1.45 bits per heavy atom. The predicted molar refractivity (Wildman–Crippen MR) is 75.9 cm³/mol. The molecule has 7 heteroatoms. The zero-order valence-corrected chi connectivity index (χ0v) is 12.9. The first kappa shape index (κ1) is 14.0. The summed E-state index contributed by atoms with van der Waals surface area (Å²) in [6.45, 7) is 6.79. The molecule has 3 heterocycles. The molecule has 0 radical (unpaired) electrons. The first-order valence-corrected chi connectivity index (χ1v) is 8.73. The molecule has 3 rings (SSSR count). The molecule has 0 bridgehead atoms. The molecule has 6 nitrogen and oxygen atoms in total. The number of nitrogens with zero attached hydrogens (tertiary/aromatic N) is 3. The van der Waals surface area contributed by atoms with E-state index in [2.05, 4.69) is 10.3 Å². The molecule has 20 heavy (non-hydrogen) atoms. The molecular formula is C13H22N4O2S. The minimum Gasteiger partial charge on any atom is -0.334 e. The van der Waals surface area contributed by atoms with Gasteiger partial charge < -0.3 is 9.88 Å². The molecule has 0 amide bonds. The molecule has 1 aromatic rings. The van der Waals surface area contributed by atoms with E-state index in [0.717, 1.165) is 31.8 Å². The standard InChI is InChI=1S/C13H22N4O2S/c1-3-16-9-13(15-10(16)2)20(18,19)17-7-5-12-11(8-17)4-6-14-12/h9,11-12,14H,3-8H2,1-2H3. The van der Waals surface area contributed by atoms with E-state index in [1.807, 2.05) is 18.4 Å². The molecule has 2 unspecified atom stereocenters. The van der Waals surface area contributed by atoms with Gasteiger partial charge in [0.05, 0.1) is 0 Å². The highest BCUT2D eigenvalue weighted by Crippen LogP contribution is 2.28. The number of nitrogens with one attached hydrogen (secondary N) is 1. The van der Waals surface area contributed by atoms with Crippen LogP contribution in [0.4, 0.5) is 0 Å². The minimum absolute atomic E-state index is 0.196. The molecule has 2 atom stereocenters. The molecule has 112 valence electrons. The van der Waals surface area contributed by atoms with Crippen molar-refractivity contribution in [2.24, 2.45) is 5.92 Å². The van der Waals surface area contributed by atoms with Crippen LogP contribution >= 0.6 is 0 Å². The molecule has 0 saturated carbocycles. The lowest BCUT2D eigenvalue weighted by Gasteiger charge is -2.33. The molecule has 2 saturated heterocycles. The summed E-state index contributed by atoms with van der Waals surface area (Å²) in [7, 11) is -3.44. The number of aryl methyl sites for hydroxylation is 2. The van der Waals surface area contributed by atoms with Gasteiger partial charge in [-0.25, -0.2) is 13.4 Å². The lowest BCUT2D eigenvalue weighted by Crippen LogP contribution is -2.46. The Balaban J connectivity index is 1.84. The monoisotopic (exact) mass is 298 g/mol. The third-order valence-corrected chi connectivity index (χ3v) is 6.25. The smallest absolute Gasteiger partial charge is 0.262 e. The lowest BCUT2D eigenvalue weighted by atomic mass is 9.95. The van der Waals surface area contributed by atoms with Gasteiger partial charge in [-0.2, -0.15) is 4.31 Å². The van der Waals surface area contributed by atoms with Gasteiger partial charge >= 0.3 is 0 Å². The van der Waals surface area contributed by atoms with Crippen LogP contribution < -0.4 is 5.32 Å². The second kappa shape index (κ2) is 5.13. The van der Waals surface area contributed by atoms with Crippen LogP contribution in [0, 0.1) is 12.8 Å². The van der Waals surface area contributed by atoms with Crippen LogP contribution in [0.15, 0.2) is 11.2 Å². The average Bonchev–Trinajstić information content (AvgIpc) is 3.03. The molecule has 2 aliphatic heterocycles. The Kier molecular flexibility index (Phi) is 3.60. The molecule has 0 aliphatic carbocycles. The van der Waals surface area contributed by atoms with Gasteiger partial charge in [-0.3, -0.25) is 0 Å². The number of hydrogen-bond acceptors (Lipinski definition) is 4. The first-order valence-electron chi connectivity index (χ1n) is 7.29. The van der Waals surface area contributed by atoms with Gasteiger partial charge in [0, 0.05) is 31.9 Å². The SMILES string of the molecule is CCn1cc(S(=O)(=O)N2CCC3NCCC3C2)nc1C. The summed E-state index contributed by atoms with van der Waals surface area (Å²) in [5, 5.41) is 3.65. The van der Waals surface area contributed by atoms with Crippen molar-refractivity contribution in [2.45, 2.75) is 44.3 Å². The summed E-state index contributed by atoms with van der Waals surface area (Å²) in [4.78, 5) is 4.23. The number of fused-ring (bicyclic) bond motifs is 1. The Bertz CT molecular complexity index is 596. The zero-order valence-electron chi connectivity index (χ0n) is 12.0. The molecule has 0 aromatic carbocycles. The van der Waals surface area contributed by atoms with Gasteiger partial charge in [0.25, 0.3) is 10.0 Å². The third-order valence-electron chi connectivity index (χ3n) is 4.52. The maximum absolute atomic E-state index is 12.7. The van der Waals surface area contributed by atoms with E-state index in [9.17, 15) is 8.42 Å². The highest BCUT2D eigenvalue weighted by atomic mass is 32.2. The number of hydrogen-bond donors (Lipinski definition) is 1. The summed E-state index contributed by atoms with van der Waals surface area (Å²) < 4.78 is 28.9. The van der Waals surface area contributed by atoms with Gasteiger partial charge in [-0.05, 0) is 39.2 Å². The van der Waals surface area contributed by atoms with Crippen LogP contribution in [-0.4, -0.2) is 48.0 Å². The van der Waals surface area contributed by atoms with Crippen LogP contribution in [0.25, 0.3) is 0 Å². The molecule has 2 aliphatic rings. The van der Waals surface area contributed by atoms with Gasteiger partial charge in [-0.1, -0.05) is 0 Å². The van der Waals surface area contributed by atoms with Crippen molar-refractivity contribution < 1.29 is 8.42 Å². The molecule has 2 fully saturated rings. The van der Waals surface area contributed by atoms with Crippen molar-refractivity contribution in [1.29, 1.82) is 0 Å². The highest BCUT2D eigenvalue weighted by Gasteiger charge is 2.38. The van der Waals surface area contributed by atoms with Gasteiger partial charge in [0.2, 0.25) is 0 Å². The van der Waals surface area contributed by atoms with Crippen LogP contribution in [0.3, 0.4) is 0 Å². The number of sulfonamides is 1. The summed E-state index contributed by atoms with van der Waals surface area (Å²) in [5.41, 5.74) is 0. The average molecular weight is 298 g/mol. The Morgan fingerprint density at radius 3 is 2.95 bits per heavy atom. The summed E-state index contributed by atoms with van der Waals surface area (Å²) in [6, 6.07) is 0.497. The normalized spacial score (nSPS) is 27.7. The van der Waals surface area contributed by atoms with E-state index in [0.29, 0.717) is 25.0 Å². The topological polar surface area (TPSA) is 67.2 Å². The van der Waals surface area contributed by atoms with Crippen molar-refractivity contribution >= 4 is 10.0 Å². The third kappa shape index (κ3) is 2.27. The fraction of sp³-hybridized carbons (Fsp3) is 0.769. The number of piperidine rings is 1. The van der Waals surface area contributed by atoms with Crippen LogP contribution in [0.1, 0.15) is 25.6 Å².